The number of hydrogen-bond donors (Lipinski definition) is 1. The Morgan fingerprint density at radius 1 is 1.41 bits per heavy atom. The van der Waals surface area contributed by atoms with Gasteiger partial charge in [0.25, 0.3) is 0 Å². The molecule has 4 nitrogen and oxygen atoms in total. The Morgan fingerprint density at radius 2 is 2.18 bits per heavy atom. The minimum absolute atomic E-state index is 0.707. The quantitative estimate of drug-likeness (QED) is 0.882. The summed E-state index contributed by atoms with van der Waals surface area (Å²) in [4.78, 5) is 4.51. The zero-order valence-corrected chi connectivity index (χ0v) is 10.4. The van der Waals surface area contributed by atoms with Gasteiger partial charge < -0.3 is 15.0 Å². The lowest BCUT2D eigenvalue weighted by atomic mass is 10.1. The molecule has 0 saturated carbocycles. The standard InChI is InChI=1S/C13H17N3O/c1-4-16-9(2)15-12(13(16)14)10-6-5-7-11(8-10)17-3/h5-8H,4,14H2,1-3H3. The van der Waals surface area contributed by atoms with Crippen molar-refractivity contribution in [2.45, 2.75) is 20.4 Å². The molecule has 2 aromatic rings. The number of anilines is 1. The van der Waals surface area contributed by atoms with Gasteiger partial charge in [-0.15, -0.1) is 0 Å². The third kappa shape index (κ3) is 1.98. The number of nitrogens with zero attached hydrogens (tertiary/aromatic N) is 2. The van der Waals surface area contributed by atoms with E-state index in [1.54, 1.807) is 7.11 Å². The van der Waals surface area contributed by atoms with Crippen LogP contribution in [0, 0.1) is 6.92 Å². The normalized spacial score (nSPS) is 10.5. The highest BCUT2D eigenvalue weighted by atomic mass is 16.5. The fraction of sp³-hybridized carbons (Fsp3) is 0.308. The molecule has 1 aromatic heterocycles. The van der Waals surface area contributed by atoms with Crippen LogP contribution in [0.25, 0.3) is 11.3 Å². The molecule has 0 amide bonds. The number of benzene rings is 1. The molecule has 0 fully saturated rings. The molecular weight excluding hydrogens is 214 g/mol. The van der Waals surface area contributed by atoms with Crippen LogP contribution in [-0.2, 0) is 6.54 Å². The number of imidazole rings is 1. The van der Waals surface area contributed by atoms with Gasteiger partial charge >= 0.3 is 0 Å². The smallest absolute Gasteiger partial charge is 0.131 e. The molecule has 0 atom stereocenters. The van der Waals surface area contributed by atoms with Gasteiger partial charge in [-0.1, -0.05) is 12.1 Å². The van der Waals surface area contributed by atoms with Crippen LogP contribution in [0.5, 0.6) is 5.75 Å². The number of hydrogen-bond acceptors (Lipinski definition) is 3. The molecule has 0 radical (unpaired) electrons. The predicted octanol–water partition coefficient (Wildman–Crippen LogP) is 2.47. The lowest BCUT2D eigenvalue weighted by molar-refractivity contribution is 0.415. The Morgan fingerprint density at radius 3 is 2.76 bits per heavy atom. The average molecular weight is 231 g/mol. The van der Waals surface area contributed by atoms with E-state index in [1.165, 1.54) is 0 Å². The lowest BCUT2D eigenvalue weighted by Gasteiger charge is -2.04. The number of nitrogen functional groups attached to an aromatic ring is 1. The molecule has 4 heteroatoms. The third-order valence-electron chi connectivity index (χ3n) is 2.86. The Bertz CT molecular complexity index is 531. The fourth-order valence-electron chi connectivity index (χ4n) is 1.96. The summed E-state index contributed by atoms with van der Waals surface area (Å²) >= 11 is 0. The number of methoxy groups -OCH3 is 1. The third-order valence-corrected chi connectivity index (χ3v) is 2.86. The van der Waals surface area contributed by atoms with Crippen molar-refractivity contribution >= 4 is 5.82 Å². The van der Waals surface area contributed by atoms with Gasteiger partial charge in [0.15, 0.2) is 0 Å². The van der Waals surface area contributed by atoms with Crippen molar-refractivity contribution in [2.75, 3.05) is 12.8 Å². The molecule has 0 spiro atoms. The molecule has 0 unspecified atom stereocenters. The Hall–Kier alpha value is -1.97. The van der Waals surface area contributed by atoms with Gasteiger partial charge in [-0.3, -0.25) is 0 Å². The van der Waals surface area contributed by atoms with E-state index in [9.17, 15) is 0 Å². The van der Waals surface area contributed by atoms with Crippen LogP contribution >= 0.6 is 0 Å². The molecule has 0 aliphatic carbocycles. The summed E-state index contributed by atoms with van der Waals surface area (Å²) in [5.74, 6) is 2.45. The van der Waals surface area contributed by atoms with Crippen LogP contribution in [0.3, 0.4) is 0 Å². The first-order valence-corrected chi connectivity index (χ1v) is 5.64. The average Bonchev–Trinajstić information content (AvgIpc) is 2.64. The maximum absolute atomic E-state index is 6.10. The highest BCUT2D eigenvalue weighted by molar-refractivity contribution is 5.72. The van der Waals surface area contributed by atoms with E-state index in [0.29, 0.717) is 5.82 Å². The van der Waals surface area contributed by atoms with Gasteiger partial charge in [0.2, 0.25) is 0 Å². The zero-order chi connectivity index (χ0) is 12.4. The van der Waals surface area contributed by atoms with Crippen molar-refractivity contribution in [1.82, 2.24) is 9.55 Å². The van der Waals surface area contributed by atoms with Crippen LogP contribution in [0.1, 0.15) is 12.7 Å². The van der Waals surface area contributed by atoms with Crippen molar-refractivity contribution in [3.63, 3.8) is 0 Å². The van der Waals surface area contributed by atoms with Crippen LogP contribution in [0.2, 0.25) is 0 Å². The minimum atomic E-state index is 0.707. The predicted molar refractivity (Wildman–Crippen MR) is 69.0 cm³/mol. The second kappa shape index (κ2) is 4.49. The van der Waals surface area contributed by atoms with E-state index < -0.39 is 0 Å². The van der Waals surface area contributed by atoms with Crippen molar-refractivity contribution in [2.24, 2.45) is 0 Å². The number of rotatable bonds is 3. The highest BCUT2D eigenvalue weighted by Gasteiger charge is 2.12. The maximum atomic E-state index is 6.10. The molecule has 2 rings (SSSR count). The van der Waals surface area contributed by atoms with Gasteiger partial charge in [0.1, 0.15) is 23.1 Å². The van der Waals surface area contributed by atoms with Gasteiger partial charge in [-0.25, -0.2) is 4.98 Å². The molecule has 0 bridgehead atoms. The summed E-state index contributed by atoms with van der Waals surface area (Å²) in [5.41, 5.74) is 7.90. The molecule has 1 heterocycles. The van der Waals surface area contributed by atoms with Crippen LogP contribution in [0.15, 0.2) is 24.3 Å². The van der Waals surface area contributed by atoms with Crippen molar-refractivity contribution in [1.29, 1.82) is 0 Å². The monoisotopic (exact) mass is 231 g/mol. The van der Waals surface area contributed by atoms with E-state index in [-0.39, 0.29) is 0 Å². The Balaban J connectivity index is 2.52. The minimum Gasteiger partial charge on any atom is -0.497 e. The zero-order valence-electron chi connectivity index (χ0n) is 10.4. The Kier molecular flexibility index (Phi) is 3.04. The molecule has 17 heavy (non-hydrogen) atoms. The second-order valence-corrected chi connectivity index (χ2v) is 3.87. The van der Waals surface area contributed by atoms with E-state index in [0.717, 1.165) is 29.4 Å². The summed E-state index contributed by atoms with van der Waals surface area (Å²) in [6, 6.07) is 7.77. The van der Waals surface area contributed by atoms with Gasteiger partial charge in [-0.2, -0.15) is 0 Å². The first kappa shape index (κ1) is 11.5. The topological polar surface area (TPSA) is 53.1 Å². The molecule has 0 aliphatic rings. The van der Waals surface area contributed by atoms with Crippen molar-refractivity contribution < 1.29 is 4.74 Å². The first-order valence-electron chi connectivity index (χ1n) is 5.64. The highest BCUT2D eigenvalue weighted by Crippen LogP contribution is 2.28. The Labute approximate surface area is 101 Å². The van der Waals surface area contributed by atoms with Gasteiger partial charge in [0, 0.05) is 12.1 Å². The second-order valence-electron chi connectivity index (χ2n) is 3.87. The van der Waals surface area contributed by atoms with Crippen molar-refractivity contribution in [3.05, 3.63) is 30.1 Å². The molecule has 1 aromatic carbocycles. The summed E-state index contributed by atoms with van der Waals surface area (Å²) < 4.78 is 7.20. The van der Waals surface area contributed by atoms with Crippen molar-refractivity contribution in [3.8, 4) is 17.0 Å². The molecule has 0 aliphatic heterocycles. The number of nitrogens with two attached hydrogens (primary N) is 1. The molecule has 0 saturated heterocycles. The fourth-order valence-corrected chi connectivity index (χ4v) is 1.96. The number of aromatic nitrogens is 2. The summed E-state index contributed by atoms with van der Waals surface area (Å²) in [6.45, 7) is 4.85. The van der Waals surface area contributed by atoms with E-state index in [2.05, 4.69) is 11.9 Å². The molecule has 90 valence electrons. The summed E-state index contributed by atoms with van der Waals surface area (Å²) in [6.07, 6.45) is 0. The van der Waals surface area contributed by atoms with Crippen LogP contribution in [-0.4, -0.2) is 16.7 Å². The largest absolute Gasteiger partial charge is 0.497 e. The molecule has 2 N–H and O–H groups in total. The summed E-state index contributed by atoms with van der Waals surface area (Å²) in [5, 5.41) is 0. The maximum Gasteiger partial charge on any atom is 0.131 e. The van der Waals surface area contributed by atoms with E-state index in [1.807, 2.05) is 35.8 Å². The van der Waals surface area contributed by atoms with Gasteiger partial charge in [-0.05, 0) is 26.0 Å². The molecular formula is C13H17N3O. The number of aryl methyl sites for hydroxylation is 1. The SMILES string of the molecule is CCn1c(C)nc(-c2cccc(OC)c2)c1N. The van der Waals surface area contributed by atoms with E-state index >= 15 is 0 Å². The van der Waals surface area contributed by atoms with E-state index in [4.69, 9.17) is 10.5 Å². The first-order chi connectivity index (χ1) is 8.17. The lowest BCUT2D eigenvalue weighted by Crippen LogP contribution is -2.02. The summed E-state index contributed by atoms with van der Waals surface area (Å²) in [7, 11) is 1.65. The number of ether oxygens (including phenoxy) is 1. The van der Waals surface area contributed by atoms with Gasteiger partial charge in [0.05, 0.1) is 7.11 Å². The van der Waals surface area contributed by atoms with Crippen LogP contribution in [0.4, 0.5) is 5.82 Å². The van der Waals surface area contributed by atoms with Crippen LogP contribution < -0.4 is 10.5 Å².